The lowest BCUT2D eigenvalue weighted by molar-refractivity contribution is -0.160. The molecule has 2 aliphatic heterocycles. The van der Waals surface area contributed by atoms with Crippen molar-refractivity contribution in [2.24, 2.45) is 59.2 Å². The van der Waals surface area contributed by atoms with E-state index in [1.165, 1.54) is 17.0 Å². The third kappa shape index (κ3) is 17.2. The molecular weight excluding hydrogens is 1180 g/mol. The number of aryl methyl sites for hydroxylation is 1. The van der Waals surface area contributed by atoms with Crippen LogP contribution >= 0.6 is 0 Å². The first-order valence-electron chi connectivity index (χ1n) is 32.1. The van der Waals surface area contributed by atoms with Gasteiger partial charge in [-0.05, 0) is 115 Å². The molecule has 12 unspecified atom stereocenters. The maximum atomic E-state index is 15.7. The zero-order valence-corrected chi connectivity index (χ0v) is 53.8. The number of ketones is 2. The van der Waals surface area contributed by atoms with E-state index in [1.54, 1.807) is 165 Å². The summed E-state index contributed by atoms with van der Waals surface area (Å²) in [6.45, 7) is 12.4. The van der Waals surface area contributed by atoms with Gasteiger partial charge in [0.25, 0.3) is 0 Å². The number of carboxylic acid groups (broad SMARTS) is 2. The molecule has 2 heterocycles. The Morgan fingerprint density at radius 2 is 1.03 bits per heavy atom. The number of carbonyl (C=O) groups excluding carboxylic acids is 8. The van der Waals surface area contributed by atoms with Crippen molar-refractivity contribution in [1.29, 1.82) is 0 Å². The number of carbonyl (C=O) groups is 10. The second kappa shape index (κ2) is 32.3. The highest BCUT2D eigenvalue weighted by molar-refractivity contribution is 6.13. The molecule has 93 heavy (non-hydrogen) atoms. The van der Waals surface area contributed by atoms with Crippen molar-refractivity contribution in [2.45, 2.75) is 104 Å². The Morgan fingerprint density at radius 3 is 1.49 bits per heavy atom. The number of cyclic esters (lactones) is 2. The Morgan fingerprint density at radius 1 is 0.559 bits per heavy atom. The number of benzene rings is 6. The van der Waals surface area contributed by atoms with Gasteiger partial charge in [0.05, 0.1) is 53.8 Å². The van der Waals surface area contributed by atoms with E-state index in [2.05, 4.69) is 5.32 Å². The molecule has 6 aromatic carbocycles. The number of amides is 3. The number of nitrogens with one attached hydrogen (secondary N) is 1. The van der Waals surface area contributed by atoms with E-state index in [0.29, 0.717) is 39.1 Å². The number of likely N-dealkylation sites (tertiary alicyclic amines) is 1. The first-order chi connectivity index (χ1) is 44.6. The summed E-state index contributed by atoms with van der Waals surface area (Å²) in [6, 6.07) is 48.2. The van der Waals surface area contributed by atoms with Crippen LogP contribution in [0.25, 0.3) is 0 Å². The molecule has 3 N–H and O–H groups in total. The molecule has 2 aliphatic rings. The van der Waals surface area contributed by atoms with Gasteiger partial charge in [-0.25, -0.2) is 0 Å². The van der Waals surface area contributed by atoms with Gasteiger partial charge in [0.15, 0.2) is 11.6 Å². The maximum Gasteiger partial charge on any atom is 0.318 e. The van der Waals surface area contributed by atoms with Crippen molar-refractivity contribution < 1.29 is 72.4 Å². The van der Waals surface area contributed by atoms with Crippen molar-refractivity contribution in [2.75, 3.05) is 26.3 Å². The molecule has 3 amide bonds. The van der Waals surface area contributed by atoms with Gasteiger partial charge in [-0.3, -0.25) is 52.8 Å². The van der Waals surface area contributed by atoms with Gasteiger partial charge in [0.2, 0.25) is 17.7 Å². The van der Waals surface area contributed by atoms with Crippen molar-refractivity contribution >= 4 is 59.1 Å². The minimum Gasteiger partial charge on any atom is -0.490 e. The van der Waals surface area contributed by atoms with E-state index >= 15 is 19.2 Å². The number of hydrogen-bond donors (Lipinski definition) is 3. The van der Waals surface area contributed by atoms with Crippen molar-refractivity contribution in [3.05, 3.63) is 209 Å². The monoisotopic (exact) mass is 1260 g/mol. The highest BCUT2D eigenvalue weighted by atomic mass is 16.6. The van der Waals surface area contributed by atoms with Crippen LogP contribution in [0.3, 0.4) is 0 Å². The average molecular weight is 1270 g/mol. The van der Waals surface area contributed by atoms with Crippen molar-refractivity contribution in [3.63, 3.8) is 0 Å². The lowest BCUT2D eigenvalue weighted by atomic mass is 9.64. The summed E-state index contributed by atoms with van der Waals surface area (Å²) in [7, 11) is 0. The number of rotatable bonds is 33. The van der Waals surface area contributed by atoms with E-state index in [9.17, 15) is 39.0 Å². The smallest absolute Gasteiger partial charge is 0.318 e. The number of esters is 3. The summed E-state index contributed by atoms with van der Waals surface area (Å²) in [4.78, 5) is 145. The van der Waals surface area contributed by atoms with Crippen LogP contribution < -0.4 is 10.1 Å². The summed E-state index contributed by atoms with van der Waals surface area (Å²) in [5, 5.41) is 26.4. The number of nitrogens with zero attached hydrogens (tertiary/aromatic N) is 1. The van der Waals surface area contributed by atoms with Crippen LogP contribution in [0.2, 0.25) is 0 Å². The number of ether oxygens (including phenoxy) is 3. The molecule has 0 bridgehead atoms. The number of hydrogen-bond acceptors (Lipinski definition) is 13. The van der Waals surface area contributed by atoms with Gasteiger partial charge in [-0.1, -0.05) is 193 Å². The van der Waals surface area contributed by atoms with Crippen LogP contribution in [-0.4, -0.2) is 101 Å². The summed E-state index contributed by atoms with van der Waals surface area (Å²) >= 11 is 0. The minimum absolute atomic E-state index is 0.0194. The molecule has 8 rings (SSSR count). The molecule has 0 spiro atoms. The molecule has 0 aromatic heterocycles. The van der Waals surface area contributed by atoms with Crippen LogP contribution in [0.5, 0.6) is 5.75 Å². The minimum atomic E-state index is -1.59. The van der Waals surface area contributed by atoms with Gasteiger partial charge in [0, 0.05) is 24.2 Å². The topological polar surface area (TPSA) is 254 Å². The summed E-state index contributed by atoms with van der Waals surface area (Å²) < 4.78 is 17.1. The number of aliphatic carboxylic acids is 2. The summed E-state index contributed by atoms with van der Waals surface area (Å²) in [5.41, 5.74) is 3.88. The number of imide groups is 1. The Kier molecular flexibility index (Phi) is 24.1. The third-order valence-corrected chi connectivity index (χ3v) is 18.3. The van der Waals surface area contributed by atoms with Crippen LogP contribution in [0.15, 0.2) is 170 Å². The summed E-state index contributed by atoms with van der Waals surface area (Å²) in [5.74, 6) is -22.4. The standard InChI is InChI=1S/C76H84N2O15/c1-8-56(49-21-13-9-14-22-49)68(75(89)92-38-37-91-55-35-33-54(34-36-55)64(80)42-63(79)53-31-29-47(6)30-32-53)62(73(86)87)41-59(52-27-19-12-20-28-52)67-60(70(82)78(71(67)83)44-46(4)5)39-58(51-25-17-11-18-26-51)66(69(81)77-43-45(2)3)61(72(84)85)40-57(50-23-15-10-16-24-50)65-48(7)74(88)93-76(65)90/h9-36,45-46,48,56-62,65-68H,8,37-44H2,1-7H3,(H,77,81)(H,84,85)(H,86,87). The average Bonchev–Trinajstić information content (AvgIpc) is 1.66. The Labute approximate surface area is 543 Å². The van der Waals surface area contributed by atoms with Crippen molar-refractivity contribution in [3.8, 4) is 5.75 Å². The number of Topliss-reactive ketones (excluding diaryl/α,β-unsaturated/α-hetero) is 2. The fraction of sp³-hybridized carbons (Fsp3) is 0.395. The van der Waals surface area contributed by atoms with Gasteiger partial charge >= 0.3 is 29.8 Å². The van der Waals surface area contributed by atoms with Gasteiger partial charge < -0.3 is 29.7 Å². The van der Waals surface area contributed by atoms with Crippen LogP contribution in [0.4, 0.5) is 0 Å². The van der Waals surface area contributed by atoms with Gasteiger partial charge in [-0.15, -0.1) is 0 Å². The SMILES string of the molecule is CCC(c1ccccc1)C(C(=O)OCCOc1ccc(C(=O)CC(=O)c2ccc(C)cc2)cc1)C(CC(c1ccccc1)C1C(=O)N(CC(C)C)C(=O)C1CC(c1ccccc1)C(C(=O)NCC(C)C)C(CC(c1ccccc1)C1C(=O)OC(=O)C1C)C(=O)O)C(=O)O. The molecule has 12 atom stereocenters. The predicted octanol–water partition coefficient (Wildman–Crippen LogP) is 12.1. The molecule has 0 saturated carbocycles. The van der Waals surface area contributed by atoms with Gasteiger partial charge in [0.1, 0.15) is 19.0 Å². The second-order valence-electron chi connectivity index (χ2n) is 25.6. The number of carboxylic acids is 2. The van der Waals surface area contributed by atoms with E-state index < -0.39 is 119 Å². The molecule has 488 valence electrons. The molecule has 6 aromatic rings. The normalized spacial score (nSPS) is 19.0. The fourth-order valence-corrected chi connectivity index (χ4v) is 13.7. The first-order valence-corrected chi connectivity index (χ1v) is 32.1. The lowest BCUT2D eigenvalue weighted by Gasteiger charge is -2.37. The maximum absolute atomic E-state index is 15.7. The van der Waals surface area contributed by atoms with E-state index in [1.807, 2.05) is 41.5 Å². The summed E-state index contributed by atoms with van der Waals surface area (Å²) in [6.07, 6.45) is -1.03. The van der Waals surface area contributed by atoms with Crippen LogP contribution in [0.1, 0.15) is 146 Å². The highest BCUT2D eigenvalue weighted by Crippen LogP contribution is 2.51. The first kappa shape index (κ1) is 69.5. The van der Waals surface area contributed by atoms with E-state index in [-0.39, 0.29) is 81.8 Å². The molecule has 17 nitrogen and oxygen atoms in total. The van der Waals surface area contributed by atoms with E-state index in [4.69, 9.17) is 14.2 Å². The molecular formula is C76H84N2O15. The second-order valence-corrected chi connectivity index (χ2v) is 25.6. The Balaban J connectivity index is 1.17. The fourth-order valence-electron chi connectivity index (χ4n) is 13.7. The predicted molar refractivity (Wildman–Crippen MR) is 348 cm³/mol. The lowest BCUT2D eigenvalue weighted by Crippen LogP contribution is -2.44. The highest BCUT2D eigenvalue weighted by Gasteiger charge is 2.56. The Bertz CT molecular complexity index is 3580. The van der Waals surface area contributed by atoms with Crippen LogP contribution in [-0.2, 0) is 47.8 Å². The van der Waals surface area contributed by atoms with Crippen LogP contribution in [0, 0.1) is 66.1 Å². The molecule has 2 fully saturated rings. The zero-order chi connectivity index (χ0) is 67.0. The largest absolute Gasteiger partial charge is 0.490 e. The molecule has 17 heteroatoms. The molecule has 2 saturated heterocycles. The third-order valence-electron chi connectivity index (χ3n) is 18.3. The van der Waals surface area contributed by atoms with Crippen molar-refractivity contribution in [1.82, 2.24) is 10.2 Å². The Hall–Kier alpha value is -9.38. The zero-order valence-electron chi connectivity index (χ0n) is 53.8. The van der Waals surface area contributed by atoms with Gasteiger partial charge in [-0.2, -0.15) is 0 Å². The van der Waals surface area contributed by atoms with E-state index in [0.717, 1.165) is 5.56 Å². The molecule has 0 radical (unpaired) electrons. The quantitative estimate of drug-likeness (QED) is 0.0114. The molecule has 0 aliphatic carbocycles.